The number of amides is 2. The largest absolute Gasteiger partial charge is 0.444 e. The molecule has 1 N–H and O–H groups in total. The molecule has 0 unspecified atom stereocenters. The Kier molecular flexibility index (Phi) is 4.21. The molecule has 1 saturated heterocycles. The maximum absolute atomic E-state index is 11.8. The number of nitrogens with one attached hydrogen (secondary N) is 1. The summed E-state index contributed by atoms with van der Waals surface area (Å²) in [6.45, 7) is 8.15. The van der Waals surface area contributed by atoms with Crippen molar-refractivity contribution in [1.82, 2.24) is 0 Å². The van der Waals surface area contributed by atoms with Gasteiger partial charge in [0, 0.05) is 24.3 Å². The topological polar surface area (TPSA) is 58.6 Å². The SMILES string of the molecule is Cc1cc(NC(=O)OC(C)(C)C)ccc1N1CCCC1=O. The van der Waals surface area contributed by atoms with Crippen molar-refractivity contribution in [2.75, 3.05) is 16.8 Å². The zero-order chi connectivity index (χ0) is 15.6. The van der Waals surface area contributed by atoms with Crippen LogP contribution in [0.4, 0.5) is 16.2 Å². The smallest absolute Gasteiger partial charge is 0.412 e. The molecule has 2 amide bonds. The van der Waals surface area contributed by atoms with Crippen molar-refractivity contribution in [2.24, 2.45) is 0 Å². The van der Waals surface area contributed by atoms with E-state index in [2.05, 4.69) is 5.32 Å². The molecule has 1 heterocycles. The van der Waals surface area contributed by atoms with E-state index >= 15 is 0 Å². The number of carbonyl (C=O) groups excluding carboxylic acids is 2. The lowest BCUT2D eigenvalue weighted by atomic mass is 10.1. The van der Waals surface area contributed by atoms with Crippen LogP contribution in [-0.2, 0) is 9.53 Å². The number of anilines is 2. The van der Waals surface area contributed by atoms with Crippen molar-refractivity contribution in [1.29, 1.82) is 0 Å². The van der Waals surface area contributed by atoms with Gasteiger partial charge in [0.05, 0.1) is 0 Å². The minimum absolute atomic E-state index is 0.158. The Balaban J connectivity index is 2.09. The molecule has 0 radical (unpaired) electrons. The monoisotopic (exact) mass is 290 g/mol. The summed E-state index contributed by atoms with van der Waals surface area (Å²) in [5.74, 6) is 0.158. The van der Waals surface area contributed by atoms with E-state index in [1.54, 1.807) is 11.0 Å². The number of rotatable bonds is 2. The quantitative estimate of drug-likeness (QED) is 0.907. The number of hydrogen-bond acceptors (Lipinski definition) is 3. The Morgan fingerprint density at radius 3 is 2.57 bits per heavy atom. The van der Waals surface area contributed by atoms with Crippen molar-refractivity contribution >= 4 is 23.4 Å². The summed E-state index contributed by atoms with van der Waals surface area (Å²) in [6, 6.07) is 5.51. The fourth-order valence-electron chi connectivity index (χ4n) is 2.36. The standard InChI is InChI=1S/C16H22N2O3/c1-11-10-12(17-15(20)21-16(2,3)4)7-8-13(11)18-9-5-6-14(18)19/h7-8,10H,5-6,9H2,1-4H3,(H,17,20). The summed E-state index contributed by atoms with van der Waals surface area (Å²) >= 11 is 0. The predicted molar refractivity (Wildman–Crippen MR) is 82.6 cm³/mol. The van der Waals surface area contributed by atoms with E-state index in [9.17, 15) is 9.59 Å². The minimum atomic E-state index is -0.527. The van der Waals surface area contributed by atoms with E-state index in [4.69, 9.17) is 4.74 Å². The van der Waals surface area contributed by atoms with E-state index in [1.165, 1.54) is 0 Å². The fourth-order valence-corrected chi connectivity index (χ4v) is 2.36. The number of carbonyl (C=O) groups is 2. The molecular formula is C16H22N2O3. The summed E-state index contributed by atoms with van der Waals surface area (Å²) < 4.78 is 5.21. The normalized spacial score (nSPS) is 15.2. The third-order valence-electron chi connectivity index (χ3n) is 3.21. The second-order valence-electron chi connectivity index (χ2n) is 6.28. The summed E-state index contributed by atoms with van der Waals surface area (Å²) in [5, 5.41) is 2.70. The van der Waals surface area contributed by atoms with E-state index in [1.807, 2.05) is 39.8 Å². The summed E-state index contributed by atoms with van der Waals surface area (Å²) in [6.07, 6.45) is 1.03. The van der Waals surface area contributed by atoms with Gasteiger partial charge in [-0.1, -0.05) is 0 Å². The lowest BCUT2D eigenvalue weighted by Crippen LogP contribution is -2.27. The van der Waals surface area contributed by atoms with Crippen LogP contribution in [0.2, 0.25) is 0 Å². The summed E-state index contributed by atoms with van der Waals surface area (Å²) in [7, 11) is 0. The maximum Gasteiger partial charge on any atom is 0.412 e. The van der Waals surface area contributed by atoms with Crippen LogP contribution in [0, 0.1) is 6.92 Å². The second-order valence-corrected chi connectivity index (χ2v) is 6.28. The average molecular weight is 290 g/mol. The minimum Gasteiger partial charge on any atom is -0.444 e. The summed E-state index contributed by atoms with van der Waals surface area (Å²) in [4.78, 5) is 25.3. The van der Waals surface area contributed by atoms with Crippen molar-refractivity contribution in [3.63, 3.8) is 0 Å². The van der Waals surface area contributed by atoms with E-state index in [0.29, 0.717) is 12.1 Å². The second kappa shape index (κ2) is 5.76. The van der Waals surface area contributed by atoms with Gasteiger partial charge in [-0.25, -0.2) is 4.79 Å². The Morgan fingerprint density at radius 2 is 2.05 bits per heavy atom. The molecule has 5 nitrogen and oxygen atoms in total. The highest BCUT2D eigenvalue weighted by molar-refractivity contribution is 5.96. The summed E-state index contributed by atoms with van der Waals surface area (Å²) in [5.41, 5.74) is 2.00. The molecule has 1 aliphatic heterocycles. The lowest BCUT2D eigenvalue weighted by molar-refractivity contribution is -0.117. The molecule has 1 aliphatic rings. The van der Waals surface area contributed by atoms with Crippen molar-refractivity contribution in [3.8, 4) is 0 Å². The predicted octanol–water partition coefficient (Wildman–Crippen LogP) is 3.47. The highest BCUT2D eigenvalue weighted by atomic mass is 16.6. The molecule has 21 heavy (non-hydrogen) atoms. The number of nitrogens with zero attached hydrogens (tertiary/aromatic N) is 1. The van der Waals surface area contributed by atoms with Gasteiger partial charge < -0.3 is 9.64 Å². The molecule has 5 heteroatoms. The van der Waals surface area contributed by atoms with Gasteiger partial charge in [0.15, 0.2) is 0 Å². The van der Waals surface area contributed by atoms with Gasteiger partial charge in [-0.2, -0.15) is 0 Å². The maximum atomic E-state index is 11.8. The van der Waals surface area contributed by atoms with Gasteiger partial charge in [-0.05, 0) is 57.9 Å². The van der Waals surface area contributed by atoms with Crippen LogP contribution in [0.15, 0.2) is 18.2 Å². The van der Waals surface area contributed by atoms with Crippen LogP contribution >= 0.6 is 0 Å². The van der Waals surface area contributed by atoms with Crippen LogP contribution in [0.1, 0.15) is 39.2 Å². The fraction of sp³-hybridized carbons (Fsp3) is 0.500. The molecule has 0 atom stereocenters. The Bertz CT molecular complexity index is 561. The zero-order valence-corrected chi connectivity index (χ0v) is 13.0. The van der Waals surface area contributed by atoms with Gasteiger partial charge >= 0.3 is 6.09 Å². The molecule has 0 bridgehead atoms. The highest BCUT2D eigenvalue weighted by Gasteiger charge is 2.23. The average Bonchev–Trinajstić information content (AvgIpc) is 2.73. The van der Waals surface area contributed by atoms with Crippen molar-refractivity contribution in [2.45, 2.75) is 46.1 Å². The van der Waals surface area contributed by atoms with Crippen molar-refractivity contribution in [3.05, 3.63) is 23.8 Å². The number of hydrogen-bond donors (Lipinski definition) is 1. The van der Waals surface area contributed by atoms with Crippen LogP contribution in [-0.4, -0.2) is 24.1 Å². The molecule has 0 spiro atoms. The third-order valence-corrected chi connectivity index (χ3v) is 3.21. The third kappa shape index (κ3) is 3.97. The molecule has 0 saturated carbocycles. The number of benzene rings is 1. The number of ether oxygens (including phenoxy) is 1. The molecule has 1 aromatic rings. The van der Waals surface area contributed by atoms with Crippen LogP contribution in [0.25, 0.3) is 0 Å². The Morgan fingerprint density at radius 1 is 1.33 bits per heavy atom. The molecule has 0 aromatic heterocycles. The van der Waals surface area contributed by atoms with Crippen molar-refractivity contribution < 1.29 is 14.3 Å². The Labute approximate surface area is 125 Å². The van der Waals surface area contributed by atoms with Gasteiger partial charge in [-0.3, -0.25) is 10.1 Å². The van der Waals surface area contributed by atoms with E-state index in [0.717, 1.165) is 24.2 Å². The first kappa shape index (κ1) is 15.4. The van der Waals surface area contributed by atoms with Gasteiger partial charge in [-0.15, -0.1) is 0 Å². The van der Waals surface area contributed by atoms with E-state index in [-0.39, 0.29) is 5.91 Å². The van der Waals surface area contributed by atoms with Gasteiger partial charge in [0.2, 0.25) is 5.91 Å². The van der Waals surface area contributed by atoms with Crippen LogP contribution < -0.4 is 10.2 Å². The first-order valence-corrected chi connectivity index (χ1v) is 7.17. The first-order valence-electron chi connectivity index (χ1n) is 7.17. The van der Waals surface area contributed by atoms with Gasteiger partial charge in [0.25, 0.3) is 0 Å². The molecule has 114 valence electrons. The molecule has 1 aromatic carbocycles. The molecule has 0 aliphatic carbocycles. The number of aryl methyl sites for hydroxylation is 1. The van der Waals surface area contributed by atoms with E-state index < -0.39 is 11.7 Å². The lowest BCUT2D eigenvalue weighted by Gasteiger charge is -2.21. The molecule has 1 fully saturated rings. The molecule has 2 rings (SSSR count). The molecular weight excluding hydrogens is 268 g/mol. The highest BCUT2D eigenvalue weighted by Crippen LogP contribution is 2.27. The van der Waals surface area contributed by atoms with Gasteiger partial charge in [0.1, 0.15) is 5.60 Å². The van der Waals surface area contributed by atoms with Crippen LogP contribution in [0.5, 0.6) is 0 Å². The Hall–Kier alpha value is -2.04. The van der Waals surface area contributed by atoms with Crippen LogP contribution in [0.3, 0.4) is 0 Å². The zero-order valence-electron chi connectivity index (χ0n) is 13.0. The first-order chi connectivity index (χ1) is 9.76.